The minimum Gasteiger partial charge on any atom is -0.325 e. The Morgan fingerprint density at radius 3 is 2.21 bits per heavy atom. The fourth-order valence-electron chi connectivity index (χ4n) is 4.15. The zero-order valence-corrected chi connectivity index (χ0v) is 20.9. The summed E-state index contributed by atoms with van der Waals surface area (Å²) in [5.74, 6) is -0.378. The van der Waals surface area contributed by atoms with Crippen molar-refractivity contribution < 1.29 is 18.0 Å². The minimum absolute atomic E-state index is 0.0281. The van der Waals surface area contributed by atoms with E-state index in [9.17, 15) is 18.0 Å². The van der Waals surface area contributed by atoms with Gasteiger partial charge in [0.1, 0.15) is 6.04 Å². The van der Waals surface area contributed by atoms with Gasteiger partial charge >= 0.3 is 0 Å². The second-order valence-electron chi connectivity index (χ2n) is 9.34. The zero-order chi connectivity index (χ0) is 24.5. The van der Waals surface area contributed by atoms with Crippen molar-refractivity contribution in [3.8, 4) is 0 Å². The maximum Gasteiger partial charge on any atom is 0.242 e. The van der Waals surface area contributed by atoms with Gasteiger partial charge in [-0.3, -0.25) is 9.59 Å². The third-order valence-electron chi connectivity index (χ3n) is 5.99. The van der Waals surface area contributed by atoms with E-state index in [-0.39, 0.29) is 22.8 Å². The quantitative estimate of drug-likeness (QED) is 0.637. The van der Waals surface area contributed by atoms with E-state index in [0.717, 1.165) is 16.8 Å². The SMILES string of the molecule is CC(=O)N1c2ccc(S(=O)(=O)N[C@H](C(=O)Nc3ccc(C(C)C)cc3)C(C)C)cc2C[C@@H]1C. The molecule has 2 amide bonds. The molecular weight excluding hydrogens is 438 g/mol. The molecule has 0 saturated heterocycles. The highest BCUT2D eigenvalue weighted by Gasteiger charge is 2.32. The number of nitrogens with zero attached hydrogens (tertiary/aromatic N) is 1. The van der Waals surface area contributed by atoms with Gasteiger partial charge in [-0.2, -0.15) is 4.72 Å². The van der Waals surface area contributed by atoms with Gasteiger partial charge in [-0.25, -0.2) is 8.42 Å². The summed E-state index contributed by atoms with van der Waals surface area (Å²) in [6.45, 7) is 11.2. The lowest BCUT2D eigenvalue weighted by atomic mass is 10.0. The smallest absolute Gasteiger partial charge is 0.242 e. The lowest BCUT2D eigenvalue weighted by molar-refractivity contribution is -0.118. The Morgan fingerprint density at radius 1 is 1.03 bits per heavy atom. The Morgan fingerprint density at radius 2 is 1.67 bits per heavy atom. The summed E-state index contributed by atoms with van der Waals surface area (Å²) in [5.41, 5.74) is 3.31. The molecule has 0 aliphatic carbocycles. The molecule has 2 atom stereocenters. The Balaban J connectivity index is 1.79. The van der Waals surface area contributed by atoms with Crippen molar-refractivity contribution >= 4 is 33.2 Å². The van der Waals surface area contributed by atoms with Gasteiger partial charge in [0, 0.05) is 24.3 Å². The summed E-state index contributed by atoms with van der Waals surface area (Å²) >= 11 is 0. The van der Waals surface area contributed by atoms with E-state index in [1.54, 1.807) is 30.9 Å². The van der Waals surface area contributed by atoms with Gasteiger partial charge in [0.2, 0.25) is 21.8 Å². The van der Waals surface area contributed by atoms with Gasteiger partial charge in [-0.05, 0) is 66.6 Å². The molecule has 1 aliphatic heterocycles. The first-order valence-electron chi connectivity index (χ1n) is 11.3. The Kier molecular flexibility index (Phi) is 7.29. The minimum atomic E-state index is -3.95. The van der Waals surface area contributed by atoms with Crippen LogP contribution in [0.1, 0.15) is 58.6 Å². The monoisotopic (exact) mass is 471 g/mol. The van der Waals surface area contributed by atoms with Gasteiger partial charge < -0.3 is 10.2 Å². The zero-order valence-electron chi connectivity index (χ0n) is 20.0. The molecule has 0 fully saturated rings. The second-order valence-corrected chi connectivity index (χ2v) is 11.1. The first kappa shape index (κ1) is 24.9. The van der Waals surface area contributed by atoms with E-state index in [0.29, 0.717) is 18.0 Å². The summed E-state index contributed by atoms with van der Waals surface area (Å²) in [7, 11) is -3.95. The standard InChI is InChI=1S/C25H33N3O4S/c1-15(2)19-7-9-21(10-8-19)26-25(30)24(16(3)4)27-33(31,32)22-11-12-23-20(14-22)13-17(5)28(23)18(6)29/h7-12,14-17,24,27H,13H2,1-6H3,(H,26,30)/t17-,24-/m0/s1. The van der Waals surface area contributed by atoms with Crippen molar-refractivity contribution in [3.05, 3.63) is 53.6 Å². The number of nitrogens with one attached hydrogen (secondary N) is 2. The third-order valence-corrected chi connectivity index (χ3v) is 7.43. The molecule has 0 unspecified atom stereocenters. The van der Waals surface area contributed by atoms with Crippen LogP contribution in [0.25, 0.3) is 0 Å². The number of sulfonamides is 1. The van der Waals surface area contributed by atoms with Gasteiger partial charge in [0.25, 0.3) is 0 Å². The topological polar surface area (TPSA) is 95.6 Å². The predicted molar refractivity (Wildman–Crippen MR) is 131 cm³/mol. The summed E-state index contributed by atoms with van der Waals surface area (Å²) in [4.78, 5) is 26.7. The van der Waals surface area contributed by atoms with Crippen molar-refractivity contribution in [2.75, 3.05) is 10.2 Å². The number of amides is 2. The number of carbonyl (C=O) groups is 2. The van der Waals surface area contributed by atoms with Gasteiger partial charge in [0.15, 0.2) is 0 Å². The van der Waals surface area contributed by atoms with E-state index >= 15 is 0 Å². The van der Waals surface area contributed by atoms with Crippen LogP contribution in [0.5, 0.6) is 0 Å². The van der Waals surface area contributed by atoms with E-state index in [1.807, 2.05) is 31.2 Å². The molecule has 7 nitrogen and oxygen atoms in total. The van der Waals surface area contributed by atoms with Crippen LogP contribution >= 0.6 is 0 Å². The molecule has 1 aliphatic rings. The molecule has 2 aromatic rings. The van der Waals surface area contributed by atoms with E-state index in [1.165, 1.54) is 13.0 Å². The van der Waals surface area contributed by atoms with E-state index in [2.05, 4.69) is 23.9 Å². The van der Waals surface area contributed by atoms with E-state index < -0.39 is 22.0 Å². The average Bonchev–Trinajstić information content (AvgIpc) is 3.07. The molecule has 1 heterocycles. The van der Waals surface area contributed by atoms with Crippen molar-refractivity contribution in [2.45, 2.75) is 70.9 Å². The van der Waals surface area contributed by atoms with Crippen LogP contribution in [-0.2, 0) is 26.0 Å². The second kappa shape index (κ2) is 9.65. The molecule has 0 spiro atoms. The molecule has 2 N–H and O–H groups in total. The van der Waals surface area contributed by atoms with Crippen molar-refractivity contribution in [2.24, 2.45) is 5.92 Å². The molecule has 0 radical (unpaired) electrons. The number of rotatable bonds is 7. The highest BCUT2D eigenvalue weighted by atomic mass is 32.2. The van der Waals surface area contributed by atoms with Crippen LogP contribution in [0.4, 0.5) is 11.4 Å². The molecule has 178 valence electrons. The number of benzene rings is 2. The summed E-state index contributed by atoms with van der Waals surface area (Å²) < 4.78 is 28.9. The van der Waals surface area contributed by atoms with E-state index in [4.69, 9.17) is 0 Å². The van der Waals surface area contributed by atoms with Gasteiger partial charge in [0.05, 0.1) is 4.90 Å². The Hall–Kier alpha value is -2.71. The molecule has 0 aromatic heterocycles. The van der Waals surface area contributed by atoms with Gasteiger partial charge in [-0.15, -0.1) is 0 Å². The fourth-order valence-corrected chi connectivity index (χ4v) is 5.55. The Labute approximate surface area is 196 Å². The lowest BCUT2D eigenvalue weighted by Gasteiger charge is -2.22. The van der Waals surface area contributed by atoms with Crippen LogP contribution < -0.4 is 14.9 Å². The number of fused-ring (bicyclic) bond motifs is 1. The number of hydrogen-bond donors (Lipinski definition) is 2. The molecule has 3 rings (SSSR count). The molecular formula is C25H33N3O4S. The van der Waals surface area contributed by atoms with Crippen molar-refractivity contribution in [3.63, 3.8) is 0 Å². The maximum absolute atomic E-state index is 13.1. The van der Waals surface area contributed by atoms with Gasteiger partial charge in [-0.1, -0.05) is 39.8 Å². The normalized spacial score (nSPS) is 16.7. The summed E-state index contributed by atoms with van der Waals surface area (Å²) in [5, 5.41) is 2.82. The predicted octanol–water partition coefficient (Wildman–Crippen LogP) is 4.05. The van der Waals surface area contributed by atoms with Crippen LogP contribution in [-0.4, -0.2) is 32.3 Å². The Bertz CT molecular complexity index is 1140. The summed E-state index contributed by atoms with van der Waals surface area (Å²) in [6.07, 6.45) is 0.582. The summed E-state index contributed by atoms with van der Waals surface area (Å²) in [6, 6.07) is 11.3. The molecule has 0 saturated carbocycles. The number of hydrogen-bond acceptors (Lipinski definition) is 4. The molecule has 0 bridgehead atoms. The van der Waals surface area contributed by atoms with Crippen LogP contribution in [0.15, 0.2) is 47.4 Å². The van der Waals surface area contributed by atoms with Crippen LogP contribution in [0.3, 0.4) is 0 Å². The largest absolute Gasteiger partial charge is 0.325 e. The lowest BCUT2D eigenvalue weighted by Crippen LogP contribution is -2.47. The molecule has 8 heteroatoms. The average molecular weight is 472 g/mol. The van der Waals surface area contributed by atoms with Crippen LogP contribution in [0.2, 0.25) is 0 Å². The fraction of sp³-hybridized carbons (Fsp3) is 0.440. The first-order valence-corrected chi connectivity index (χ1v) is 12.7. The highest BCUT2D eigenvalue weighted by Crippen LogP contribution is 2.34. The van der Waals surface area contributed by atoms with Crippen molar-refractivity contribution in [1.82, 2.24) is 4.72 Å². The highest BCUT2D eigenvalue weighted by molar-refractivity contribution is 7.89. The number of anilines is 2. The first-order chi connectivity index (χ1) is 15.4. The van der Waals surface area contributed by atoms with Crippen LogP contribution in [0, 0.1) is 5.92 Å². The number of carbonyl (C=O) groups excluding carboxylic acids is 2. The molecule has 33 heavy (non-hydrogen) atoms. The third kappa shape index (κ3) is 5.45. The van der Waals surface area contributed by atoms with Crippen molar-refractivity contribution in [1.29, 1.82) is 0 Å². The maximum atomic E-state index is 13.1. The molecule has 2 aromatic carbocycles.